The third kappa shape index (κ3) is 2.98. The van der Waals surface area contributed by atoms with E-state index in [-0.39, 0.29) is 17.7 Å². The van der Waals surface area contributed by atoms with E-state index in [1.54, 1.807) is 18.0 Å². The molecule has 108 valence electrons. The number of hydrogen-bond donors (Lipinski definition) is 1. The molecule has 1 fully saturated rings. The molecule has 5 nitrogen and oxygen atoms in total. The van der Waals surface area contributed by atoms with Crippen LogP contribution in [0.1, 0.15) is 26.5 Å². The summed E-state index contributed by atoms with van der Waals surface area (Å²) in [6.07, 6.45) is 2.40. The number of carbonyl (C=O) groups excluding carboxylic acids is 2. The number of nitrogens with one attached hydrogen (secondary N) is 1. The highest BCUT2D eigenvalue weighted by atomic mass is 16.2. The molecule has 20 heavy (non-hydrogen) atoms. The maximum Gasteiger partial charge on any atom is 0.246 e. The van der Waals surface area contributed by atoms with Gasteiger partial charge < -0.3 is 10.2 Å². The van der Waals surface area contributed by atoms with Crippen LogP contribution in [0, 0.1) is 5.92 Å². The second-order valence-electron chi connectivity index (χ2n) is 5.51. The van der Waals surface area contributed by atoms with Crippen LogP contribution >= 0.6 is 0 Å². The first kappa shape index (κ1) is 14.5. The number of aromatic nitrogens is 1. The molecule has 0 radical (unpaired) electrons. The molecule has 0 aliphatic carbocycles. The van der Waals surface area contributed by atoms with Crippen molar-refractivity contribution in [1.82, 2.24) is 15.2 Å². The first-order valence-corrected chi connectivity index (χ1v) is 7.01. The number of amides is 2. The molecule has 0 saturated carbocycles. The van der Waals surface area contributed by atoms with Gasteiger partial charge in [-0.25, -0.2) is 0 Å². The Hall–Kier alpha value is -1.91. The second-order valence-corrected chi connectivity index (χ2v) is 5.51. The molecule has 1 N–H and O–H groups in total. The van der Waals surface area contributed by atoms with Crippen molar-refractivity contribution in [3.8, 4) is 0 Å². The van der Waals surface area contributed by atoms with Crippen LogP contribution in [0.25, 0.3) is 0 Å². The summed E-state index contributed by atoms with van der Waals surface area (Å²) in [5.41, 5.74) is 0.930. The number of pyridine rings is 1. The summed E-state index contributed by atoms with van der Waals surface area (Å²) in [4.78, 5) is 30.3. The van der Waals surface area contributed by atoms with Gasteiger partial charge in [0.25, 0.3) is 0 Å². The smallest absolute Gasteiger partial charge is 0.246 e. The van der Waals surface area contributed by atoms with Gasteiger partial charge in [-0.3, -0.25) is 14.6 Å². The molecular weight excluding hydrogens is 254 g/mol. The lowest BCUT2D eigenvalue weighted by molar-refractivity contribution is -0.149. The Bertz CT molecular complexity index is 487. The average molecular weight is 275 g/mol. The Kier molecular flexibility index (Phi) is 4.37. The molecule has 2 amide bonds. The zero-order valence-electron chi connectivity index (χ0n) is 12.2. The van der Waals surface area contributed by atoms with Gasteiger partial charge in [0.2, 0.25) is 11.8 Å². The second kappa shape index (κ2) is 6.03. The van der Waals surface area contributed by atoms with Gasteiger partial charge in [-0.15, -0.1) is 0 Å². The van der Waals surface area contributed by atoms with E-state index in [0.29, 0.717) is 13.0 Å². The predicted octanol–water partition coefficient (Wildman–Crippen LogP) is 0.996. The third-order valence-corrected chi connectivity index (χ3v) is 3.70. The number of nitrogens with zero attached hydrogens (tertiary/aromatic N) is 2. The van der Waals surface area contributed by atoms with Gasteiger partial charge >= 0.3 is 0 Å². The van der Waals surface area contributed by atoms with Gasteiger partial charge in [0.15, 0.2) is 0 Å². The molecule has 0 aromatic carbocycles. The van der Waals surface area contributed by atoms with Gasteiger partial charge in [0.1, 0.15) is 12.1 Å². The molecule has 2 heterocycles. The topological polar surface area (TPSA) is 62.3 Å². The van der Waals surface area contributed by atoms with Crippen LogP contribution < -0.4 is 5.32 Å². The average Bonchev–Trinajstić information content (AvgIpc) is 2.43. The molecular formula is C15H21N3O2. The molecule has 1 aromatic rings. The van der Waals surface area contributed by atoms with Crippen LogP contribution in [0.3, 0.4) is 0 Å². The summed E-state index contributed by atoms with van der Waals surface area (Å²) in [6, 6.07) is 4.89. The minimum atomic E-state index is -0.416. The molecule has 2 atom stereocenters. The van der Waals surface area contributed by atoms with Crippen LogP contribution in [0.15, 0.2) is 24.4 Å². The summed E-state index contributed by atoms with van der Waals surface area (Å²) >= 11 is 0. The highest BCUT2D eigenvalue weighted by molar-refractivity contribution is 5.96. The summed E-state index contributed by atoms with van der Waals surface area (Å²) < 4.78 is 0. The molecule has 0 bridgehead atoms. The van der Waals surface area contributed by atoms with Gasteiger partial charge in [-0.1, -0.05) is 19.9 Å². The summed E-state index contributed by atoms with van der Waals surface area (Å²) in [7, 11) is 0. The van der Waals surface area contributed by atoms with Crippen LogP contribution in [0.2, 0.25) is 0 Å². The van der Waals surface area contributed by atoms with E-state index in [1.165, 1.54) is 0 Å². The highest BCUT2D eigenvalue weighted by Crippen LogP contribution is 2.15. The van der Waals surface area contributed by atoms with Crippen molar-refractivity contribution in [1.29, 1.82) is 0 Å². The quantitative estimate of drug-likeness (QED) is 0.891. The van der Waals surface area contributed by atoms with Crippen molar-refractivity contribution in [2.45, 2.75) is 39.3 Å². The standard InChI is InChI=1S/C15H21N3O2/c1-10(2)13-15(20)18(11(3)14(19)17-13)9-7-12-6-4-5-8-16-12/h4-6,8,10-11,13H,7,9H2,1-3H3,(H,17,19). The molecule has 1 aromatic heterocycles. The van der Waals surface area contributed by atoms with E-state index in [1.807, 2.05) is 32.0 Å². The van der Waals surface area contributed by atoms with Crippen molar-refractivity contribution in [3.63, 3.8) is 0 Å². The van der Waals surface area contributed by atoms with Gasteiger partial charge in [0.05, 0.1) is 0 Å². The minimum Gasteiger partial charge on any atom is -0.342 e. The van der Waals surface area contributed by atoms with Gasteiger partial charge in [-0.05, 0) is 25.0 Å². The Balaban J connectivity index is 2.07. The van der Waals surface area contributed by atoms with Crippen LogP contribution in [0.5, 0.6) is 0 Å². The first-order valence-electron chi connectivity index (χ1n) is 7.01. The molecule has 5 heteroatoms. The molecule has 2 unspecified atom stereocenters. The maximum absolute atomic E-state index is 12.4. The highest BCUT2D eigenvalue weighted by Gasteiger charge is 2.38. The Morgan fingerprint density at radius 3 is 2.70 bits per heavy atom. The third-order valence-electron chi connectivity index (χ3n) is 3.70. The minimum absolute atomic E-state index is 0.00281. The van der Waals surface area contributed by atoms with E-state index in [9.17, 15) is 9.59 Å². The number of piperazine rings is 1. The van der Waals surface area contributed by atoms with Gasteiger partial charge in [-0.2, -0.15) is 0 Å². The lowest BCUT2D eigenvalue weighted by Gasteiger charge is -2.38. The molecule has 1 aliphatic heterocycles. The van der Waals surface area contributed by atoms with E-state index >= 15 is 0 Å². The fourth-order valence-corrected chi connectivity index (χ4v) is 2.38. The normalized spacial score (nSPS) is 23.1. The molecule has 2 rings (SSSR count). The zero-order valence-corrected chi connectivity index (χ0v) is 12.2. The SMILES string of the molecule is CC(C)C1NC(=O)C(C)N(CCc2ccccn2)C1=O. The fraction of sp³-hybridized carbons (Fsp3) is 0.533. The first-order chi connectivity index (χ1) is 9.50. The van der Waals surface area contributed by atoms with Crippen LogP contribution in [-0.4, -0.2) is 40.3 Å². The molecule has 1 saturated heterocycles. The Morgan fingerprint density at radius 1 is 1.35 bits per heavy atom. The lowest BCUT2D eigenvalue weighted by atomic mass is 9.98. The summed E-state index contributed by atoms with van der Waals surface area (Å²) in [6.45, 7) is 6.17. The number of hydrogen-bond acceptors (Lipinski definition) is 3. The Labute approximate surface area is 119 Å². The van der Waals surface area contributed by atoms with Crippen molar-refractivity contribution in [2.75, 3.05) is 6.54 Å². The molecule has 0 spiro atoms. The van der Waals surface area contributed by atoms with Crippen molar-refractivity contribution < 1.29 is 9.59 Å². The van der Waals surface area contributed by atoms with E-state index in [0.717, 1.165) is 5.69 Å². The van der Waals surface area contributed by atoms with Crippen molar-refractivity contribution in [3.05, 3.63) is 30.1 Å². The summed E-state index contributed by atoms with van der Waals surface area (Å²) in [5, 5.41) is 2.80. The van der Waals surface area contributed by atoms with Crippen molar-refractivity contribution >= 4 is 11.8 Å². The predicted molar refractivity (Wildman–Crippen MR) is 75.9 cm³/mol. The number of carbonyl (C=O) groups is 2. The fourth-order valence-electron chi connectivity index (χ4n) is 2.38. The van der Waals surface area contributed by atoms with E-state index in [4.69, 9.17) is 0 Å². The maximum atomic E-state index is 12.4. The monoisotopic (exact) mass is 275 g/mol. The lowest BCUT2D eigenvalue weighted by Crippen LogP contribution is -2.64. The molecule has 1 aliphatic rings. The van der Waals surface area contributed by atoms with Gasteiger partial charge in [0, 0.05) is 24.9 Å². The summed E-state index contributed by atoms with van der Waals surface area (Å²) in [5.74, 6) is 0.0173. The van der Waals surface area contributed by atoms with Crippen LogP contribution in [0.4, 0.5) is 0 Å². The largest absolute Gasteiger partial charge is 0.342 e. The Morgan fingerprint density at radius 2 is 2.10 bits per heavy atom. The number of rotatable bonds is 4. The van der Waals surface area contributed by atoms with E-state index in [2.05, 4.69) is 10.3 Å². The zero-order chi connectivity index (χ0) is 14.7. The van der Waals surface area contributed by atoms with E-state index < -0.39 is 12.1 Å². The van der Waals surface area contributed by atoms with Crippen LogP contribution in [-0.2, 0) is 16.0 Å². The van der Waals surface area contributed by atoms with Crippen molar-refractivity contribution in [2.24, 2.45) is 5.92 Å².